The Hall–Kier alpha value is -2.14. The number of aliphatic hydroxyl groups is 1. The molecule has 5 heteroatoms. The molecule has 1 atom stereocenters. The Morgan fingerprint density at radius 3 is 2.67 bits per heavy atom. The van der Waals surface area contributed by atoms with Gasteiger partial charge in [-0.2, -0.15) is 4.98 Å². The molecule has 2 heterocycles. The number of aliphatic hydroxyl groups excluding tert-OH is 1. The minimum atomic E-state index is 0.101. The number of anilines is 2. The Labute approximate surface area is 124 Å². The number of hydrogen-bond acceptors (Lipinski definition) is 5. The quantitative estimate of drug-likeness (QED) is 0.892. The molecule has 1 saturated heterocycles. The summed E-state index contributed by atoms with van der Waals surface area (Å²) in [6, 6.07) is 9.89. The summed E-state index contributed by atoms with van der Waals surface area (Å²) in [4.78, 5) is 10.8. The van der Waals surface area contributed by atoms with Crippen LogP contribution < -0.4 is 10.6 Å². The fourth-order valence-corrected chi connectivity index (χ4v) is 2.81. The third-order valence-electron chi connectivity index (χ3n) is 3.96. The molecule has 2 aromatic rings. The van der Waals surface area contributed by atoms with E-state index < -0.39 is 0 Å². The third-order valence-corrected chi connectivity index (χ3v) is 3.96. The van der Waals surface area contributed by atoms with Crippen molar-refractivity contribution in [3.8, 4) is 0 Å². The first-order chi connectivity index (χ1) is 10.2. The molecule has 1 aliphatic rings. The van der Waals surface area contributed by atoms with Crippen molar-refractivity contribution in [3.05, 3.63) is 47.7 Å². The van der Waals surface area contributed by atoms with E-state index in [2.05, 4.69) is 27.0 Å². The molecule has 0 unspecified atom stereocenters. The zero-order valence-electron chi connectivity index (χ0n) is 11.9. The zero-order valence-corrected chi connectivity index (χ0v) is 11.9. The van der Waals surface area contributed by atoms with Gasteiger partial charge in [0.2, 0.25) is 5.95 Å². The van der Waals surface area contributed by atoms with Crippen molar-refractivity contribution in [3.63, 3.8) is 0 Å². The first kappa shape index (κ1) is 13.8. The summed E-state index contributed by atoms with van der Waals surface area (Å²) in [5.74, 6) is 1.85. The van der Waals surface area contributed by atoms with Crippen LogP contribution in [0.5, 0.6) is 0 Å². The van der Waals surface area contributed by atoms with Crippen molar-refractivity contribution in [2.75, 3.05) is 23.7 Å². The van der Waals surface area contributed by atoms with Crippen molar-refractivity contribution >= 4 is 11.8 Å². The average molecular weight is 284 g/mol. The molecule has 1 aromatic carbocycles. The maximum absolute atomic E-state index is 9.07. The highest BCUT2D eigenvalue weighted by molar-refractivity contribution is 5.38. The molecule has 110 valence electrons. The van der Waals surface area contributed by atoms with Crippen LogP contribution in [0.2, 0.25) is 0 Å². The topological polar surface area (TPSA) is 75.3 Å². The maximum Gasteiger partial charge on any atom is 0.227 e. The molecule has 0 bridgehead atoms. The second-order valence-corrected chi connectivity index (χ2v) is 5.56. The first-order valence-corrected chi connectivity index (χ1v) is 7.27. The molecule has 0 spiro atoms. The SMILES string of the molecule is Nc1ccnc(N2CC[C@H](Cc3ccc(CO)cc3)C2)n1. The van der Waals surface area contributed by atoms with Crippen molar-refractivity contribution in [2.45, 2.75) is 19.4 Å². The van der Waals surface area contributed by atoms with Crippen LogP contribution in [-0.2, 0) is 13.0 Å². The molecule has 0 saturated carbocycles. The molecule has 0 aliphatic carbocycles. The van der Waals surface area contributed by atoms with Gasteiger partial charge in [-0.3, -0.25) is 0 Å². The van der Waals surface area contributed by atoms with E-state index in [4.69, 9.17) is 10.8 Å². The van der Waals surface area contributed by atoms with Crippen LogP contribution in [0.4, 0.5) is 11.8 Å². The predicted octanol–water partition coefficient (Wildman–Crippen LogP) is 1.62. The lowest BCUT2D eigenvalue weighted by Gasteiger charge is -2.16. The molecule has 3 rings (SSSR count). The van der Waals surface area contributed by atoms with E-state index in [1.54, 1.807) is 12.3 Å². The van der Waals surface area contributed by atoms with E-state index in [1.165, 1.54) is 5.56 Å². The smallest absolute Gasteiger partial charge is 0.227 e. The van der Waals surface area contributed by atoms with Gasteiger partial charge < -0.3 is 15.7 Å². The van der Waals surface area contributed by atoms with Crippen molar-refractivity contribution in [2.24, 2.45) is 5.92 Å². The summed E-state index contributed by atoms with van der Waals surface area (Å²) in [5.41, 5.74) is 7.98. The number of nitrogens with two attached hydrogens (primary N) is 1. The Morgan fingerprint density at radius 2 is 1.95 bits per heavy atom. The number of nitrogens with zero attached hydrogens (tertiary/aromatic N) is 3. The summed E-state index contributed by atoms with van der Waals surface area (Å²) in [7, 11) is 0. The van der Waals surface area contributed by atoms with Crippen LogP contribution in [0.3, 0.4) is 0 Å². The van der Waals surface area contributed by atoms with Crippen molar-refractivity contribution in [1.82, 2.24) is 9.97 Å². The van der Waals surface area contributed by atoms with Gasteiger partial charge in [-0.25, -0.2) is 4.98 Å². The second-order valence-electron chi connectivity index (χ2n) is 5.56. The summed E-state index contributed by atoms with van der Waals surface area (Å²) in [6.45, 7) is 2.04. The van der Waals surface area contributed by atoms with Gasteiger partial charge >= 0.3 is 0 Å². The highest BCUT2D eigenvalue weighted by Gasteiger charge is 2.24. The lowest BCUT2D eigenvalue weighted by Crippen LogP contribution is -2.22. The fourth-order valence-electron chi connectivity index (χ4n) is 2.81. The van der Waals surface area contributed by atoms with E-state index in [0.717, 1.165) is 37.4 Å². The molecule has 5 nitrogen and oxygen atoms in total. The van der Waals surface area contributed by atoms with Crippen LogP contribution in [0.1, 0.15) is 17.5 Å². The minimum Gasteiger partial charge on any atom is -0.392 e. The van der Waals surface area contributed by atoms with Crippen LogP contribution in [0.15, 0.2) is 36.5 Å². The highest BCUT2D eigenvalue weighted by Crippen LogP contribution is 2.24. The number of aromatic nitrogens is 2. The fraction of sp³-hybridized carbons (Fsp3) is 0.375. The van der Waals surface area contributed by atoms with E-state index in [0.29, 0.717) is 11.7 Å². The summed E-state index contributed by atoms with van der Waals surface area (Å²) >= 11 is 0. The summed E-state index contributed by atoms with van der Waals surface area (Å²) < 4.78 is 0. The van der Waals surface area contributed by atoms with Crippen LogP contribution in [0, 0.1) is 5.92 Å². The molecular weight excluding hydrogens is 264 g/mol. The standard InChI is InChI=1S/C16H20N4O/c17-15-5-7-18-16(19-15)20-8-6-14(10-20)9-12-1-3-13(11-21)4-2-12/h1-5,7,14,21H,6,8-11H2,(H2,17,18,19)/t14-/m1/s1. The summed E-state index contributed by atoms with van der Waals surface area (Å²) in [5, 5.41) is 9.07. The maximum atomic E-state index is 9.07. The van der Waals surface area contributed by atoms with Gasteiger partial charge in [-0.15, -0.1) is 0 Å². The Balaban J connectivity index is 1.61. The van der Waals surface area contributed by atoms with Gasteiger partial charge in [0, 0.05) is 19.3 Å². The Kier molecular flexibility index (Phi) is 4.01. The molecule has 3 N–H and O–H groups in total. The Bertz CT molecular complexity index is 599. The van der Waals surface area contributed by atoms with Crippen molar-refractivity contribution in [1.29, 1.82) is 0 Å². The van der Waals surface area contributed by atoms with Gasteiger partial charge in [-0.05, 0) is 36.0 Å². The van der Waals surface area contributed by atoms with Crippen LogP contribution in [-0.4, -0.2) is 28.2 Å². The lowest BCUT2D eigenvalue weighted by atomic mass is 9.98. The first-order valence-electron chi connectivity index (χ1n) is 7.27. The third kappa shape index (κ3) is 3.31. The summed E-state index contributed by atoms with van der Waals surface area (Å²) in [6.07, 6.45) is 3.89. The molecule has 0 amide bonds. The van der Waals surface area contributed by atoms with Crippen molar-refractivity contribution < 1.29 is 5.11 Å². The average Bonchev–Trinajstić information content (AvgIpc) is 2.97. The molecule has 1 fully saturated rings. The van der Waals surface area contributed by atoms with Gasteiger partial charge in [0.1, 0.15) is 5.82 Å². The van der Waals surface area contributed by atoms with Gasteiger partial charge in [0.05, 0.1) is 6.61 Å². The predicted molar refractivity (Wildman–Crippen MR) is 82.8 cm³/mol. The number of rotatable bonds is 4. The number of benzene rings is 1. The monoisotopic (exact) mass is 284 g/mol. The van der Waals surface area contributed by atoms with E-state index in [-0.39, 0.29) is 6.61 Å². The molecule has 1 aromatic heterocycles. The normalized spacial score (nSPS) is 18.1. The van der Waals surface area contributed by atoms with Crippen LogP contribution >= 0.6 is 0 Å². The molecule has 0 radical (unpaired) electrons. The lowest BCUT2D eigenvalue weighted by molar-refractivity contribution is 0.282. The second kappa shape index (κ2) is 6.10. The molecule has 1 aliphatic heterocycles. The van der Waals surface area contributed by atoms with Gasteiger partial charge in [0.25, 0.3) is 0 Å². The zero-order chi connectivity index (χ0) is 14.7. The molecular formula is C16H20N4O. The highest BCUT2D eigenvalue weighted by atomic mass is 16.3. The van der Waals surface area contributed by atoms with Crippen LogP contribution in [0.25, 0.3) is 0 Å². The van der Waals surface area contributed by atoms with E-state index in [9.17, 15) is 0 Å². The van der Waals surface area contributed by atoms with E-state index in [1.807, 2.05) is 12.1 Å². The minimum absolute atomic E-state index is 0.101. The van der Waals surface area contributed by atoms with Gasteiger partial charge in [-0.1, -0.05) is 24.3 Å². The van der Waals surface area contributed by atoms with Gasteiger partial charge in [0.15, 0.2) is 0 Å². The molecule has 21 heavy (non-hydrogen) atoms. The van der Waals surface area contributed by atoms with E-state index >= 15 is 0 Å². The number of hydrogen-bond donors (Lipinski definition) is 2. The number of nitrogen functional groups attached to an aromatic ring is 1. The Morgan fingerprint density at radius 1 is 1.19 bits per heavy atom. The largest absolute Gasteiger partial charge is 0.392 e.